The molecule has 0 aliphatic carbocycles. The Hall–Kier alpha value is -0.700. The second-order valence-electron chi connectivity index (χ2n) is 4.88. The molecular formula is C10H22N4O3S. The van der Waals surface area contributed by atoms with Crippen LogP contribution in [0.5, 0.6) is 0 Å². The van der Waals surface area contributed by atoms with Gasteiger partial charge in [-0.3, -0.25) is 9.69 Å². The molecule has 0 radical (unpaired) electrons. The highest BCUT2D eigenvalue weighted by molar-refractivity contribution is 7.88. The zero-order valence-corrected chi connectivity index (χ0v) is 12.0. The summed E-state index contributed by atoms with van der Waals surface area (Å²) in [5.74, 6) is -0.407. The van der Waals surface area contributed by atoms with Crippen LogP contribution in [0.15, 0.2) is 0 Å². The van der Waals surface area contributed by atoms with Crippen molar-refractivity contribution in [1.29, 1.82) is 0 Å². The molecule has 1 amide bonds. The highest BCUT2D eigenvalue weighted by Crippen LogP contribution is 2.10. The first-order valence-electron chi connectivity index (χ1n) is 5.85. The molecule has 0 bridgehead atoms. The van der Waals surface area contributed by atoms with Crippen molar-refractivity contribution in [3.8, 4) is 0 Å². The SMILES string of the molecule is CNC(C)(CN1CCN(S(C)(=O)=O)CC1)C(N)=O. The Bertz CT molecular complexity index is 403. The van der Waals surface area contributed by atoms with Crippen LogP contribution in [0.25, 0.3) is 0 Å². The Morgan fingerprint density at radius 1 is 1.33 bits per heavy atom. The fraction of sp³-hybridized carbons (Fsp3) is 0.900. The first-order chi connectivity index (χ1) is 8.19. The highest BCUT2D eigenvalue weighted by atomic mass is 32.2. The lowest BCUT2D eigenvalue weighted by Gasteiger charge is -2.38. The van der Waals surface area contributed by atoms with E-state index < -0.39 is 21.5 Å². The van der Waals surface area contributed by atoms with E-state index in [1.165, 1.54) is 10.6 Å². The van der Waals surface area contributed by atoms with Crippen LogP contribution in [-0.2, 0) is 14.8 Å². The molecule has 1 aliphatic heterocycles. The summed E-state index contributed by atoms with van der Waals surface area (Å²) in [6, 6.07) is 0. The molecule has 0 aromatic carbocycles. The van der Waals surface area contributed by atoms with Crippen molar-refractivity contribution in [2.45, 2.75) is 12.5 Å². The van der Waals surface area contributed by atoms with E-state index >= 15 is 0 Å². The molecule has 1 heterocycles. The van der Waals surface area contributed by atoms with E-state index in [0.717, 1.165) is 0 Å². The van der Waals surface area contributed by atoms with Gasteiger partial charge in [-0.2, -0.15) is 4.31 Å². The van der Waals surface area contributed by atoms with E-state index in [1.807, 2.05) is 4.90 Å². The lowest BCUT2D eigenvalue weighted by molar-refractivity contribution is -0.124. The molecule has 1 saturated heterocycles. The molecule has 106 valence electrons. The van der Waals surface area contributed by atoms with Crippen LogP contribution in [-0.4, -0.2) is 75.1 Å². The maximum Gasteiger partial charge on any atom is 0.238 e. The lowest BCUT2D eigenvalue weighted by Crippen LogP contribution is -2.61. The van der Waals surface area contributed by atoms with Gasteiger partial charge < -0.3 is 11.1 Å². The highest BCUT2D eigenvalue weighted by Gasteiger charge is 2.33. The standard InChI is InChI=1S/C10H22N4O3S/c1-10(12-2,9(11)15)8-13-4-6-14(7-5-13)18(3,16)17/h12H,4-8H2,1-3H3,(H2,11,15). The van der Waals surface area contributed by atoms with Gasteiger partial charge in [0.05, 0.1) is 6.26 Å². The van der Waals surface area contributed by atoms with Crippen LogP contribution < -0.4 is 11.1 Å². The lowest BCUT2D eigenvalue weighted by atomic mass is 10.0. The van der Waals surface area contributed by atoms with Gasteiger partial charge in [-0.25, -0.2) is 8.42 Å². The minimum atomic E-state index is -3.12. The largest absolute Gasteiger partial charge is 0.368 e. The quantitative estimate of drug-likeness (QED) is 0.608. The van der Waals surface area contributed by atoms with Crippen molar-refractivity contribution >= 4 is 15.9 Å². The molecule has 1 aliphatic rings. The van der Waals surface area contributed by atoms with Gasteiger partial charge in [-0.15, -0.1) is 0 Å². The molecule has 0 spiro atoms. The van der Waals surface area contributed by atoms with Crippen LogP contribution in [0.4, 0.5) is 0 Å². The first kappa shape index (κ1) is 15.4. The van der Waals surface area contributed by atoms with Gasteiger partial charge in [-0.05, 0) is 14.0 Å². The number of carbonyl (C=O) groups is 1. The molecule has 0 aromatic heterocycles. The normalized spacial score (nSPS) is 22.6. The van der Waals surface area contributed by atoms with Gasteiger partial charge in [0.15, 0.2) is 0 Å². The van der Waals surface area contributed by atoms with Gasteiger partial charge in [0.25, 0.3) is 0 Å². The number of carbonyl (C=O) groups excluding carboxylic acids is 1. The van der Waals surface area contributed by atoms with Crippen LogP contribution in [0, 0.1) is 0 Å². The van der Waals surface area contributed by atoms with E-state index in [0.29, 0.717) is 32.7 Å². The third-order valence-corrected chi connectivity index (χ3v) is 4.74. The number of hydrogen-bond donors (Lipinski definition) is 2. The molecular weight excluding hydrogens is 256 g/mol. The molecule has 3 N–H and O–H groups in total. The number of likely N-dealkylation sites (N-methyl/N-ethyl adjacent to an activating group) is 1. The molecule has 1 unspecified atom stereocenters. The first-order valence-corrected chi connectivity index (χ1v) is 7.70. The summed E-state index contributed by atoms with van der Waals surface area (Å²) in [7, 11) is -1.42. The van der Waals surface area contributed by atoms with Gasteiger partial charge in [0.1, 0.15) is 5.54 Å². The number of nitrogens with one attached hydrogen (secondary N) is 1. The van der Waals surface area contributed by atoms with Crippen LogP contribution in [0.3, 0.4) is 0 Å². The van der Waals surface area contributed by atoms with Gasteiger partial charge in [0.2, 0.25) is 15.9 Å². The van der Waals surface area contributed by atoms with E-state index in [4.69, 9.17) is 5.73 Å². The number of nitrogens with two attached hydrogens (primary N) is 1. The molecule has 0 aromatic rings. The Morgan fingerprint density at radius 3 is 2.17 bits per heavy atom. The fourth-order valence-electron chi connectivity index (χ4n) is 1.95. The van der Waals surface area contributed by atoms with E-state index in [2.05, 4.69) is 5.32 Å². The van der Waals surface area contributed by atoms with Gasteiger partial charge in [0, 0.05) is 32.7 Å². The number of sulfonamides is 1. The summed E-state index contributed by atoms with van der Waals surface area (Å²) in [6.45, 7) is 4.36. The zero-order chi connectivity index (χ0) is 14.0. The third-order valence-electron chi connectivity index (χ3n) is 3.44. The minimum absolute atomic E-state index is 0.407. The molecule has 8 heteroatoms. The maximum absolute atomic E-state index is 11.4. The van der Waals surface area contributed by atoms with Crippen molar-refractivity contribution < 1.29 is 13.2 Å². The number of piperazine rings is 1. The number of primary amides is 1. The molecule has 18 heavy (non-hydrogen) atoms. The van der Waals surface area contributed by atoms with Crippen molar-refractivity contribution in [1.82, 2.24) is 14.5 Å². The summed E-state index contributed by atoms with van der Waals surface area (Å²) in [6.07, 6.45) is 1.21. The summed E-state index contributed by atoms with van der Waals surface area (Å²) in [4.78, 5) is 13.4. The average Bonchev–Trinajstić information content (AvgIpc) is 2.28. The second-order valence-corrected chi connectivity index (χ2v) is 6.87. The molecule has 1 fully saturated rings. The van der Waals surface area contributed by atoms with E-state index in [1.54, 1.807) is 14.0 Å². The monoisotopic (exact) mass is 278 g/mol. The molecule has 0 saturated carbocycles. The van der Waals surface area contributed by atoms with Crippen molar-refractivity contribution in [3.05, 3.63) is 0 Å². The van der Waals surface area contributed by atoms with Crippen LogP contribution >= 0.6 is 0 Å². The van der Waals surface area contributed by atoms with Crippen molar-refractivity contribution in [2.75, 3.05) is 46.0 Å². The Balaban J connectivity index is 2.57. The van der Waals surface area contributed by atoms with Gasteiger partial charge in [-0.1, -0.05) is 0 Å². The molecule has 1 rings (SSSR count). The summed E-state index contributed by atoms with van der Waals surface area (Å²) < 4.78 is 24.2. The number of nitrogens with zero attached hydrogens (tertiary/aromatic N) is 2. The van der Waals surface area contributed by atoms with Crippen LogP contribution in [0.1, 0.15) is 6.92 Å². The zero-order valence-electron chi connectivity index (χ0n) is 11.1. The summed E-state index contributed by atoms with van der Waals surface area (Å²) >= 11 is 0. The van der Waals surface area contributed by atoms with Gasteiger partial charge >= 0.3 is 0 Å². The molecule has 1 atom stereocenters. The smallest absolute Gasteiger partial charge is 0.238 e. The van der Waals surface area contributed by atoms with E-state index in [-0.39, 0.29) is 0 Å². The summed E-state index contributed by atoms with van der Waals surface area (Å²) in [5.41, 5.74) is 4.58. The maximum atomic E-state index is 11.4. The minimum Gasteiger partial charge on any atom is -0.368 e. The Morgan fingerprint density at radius 2 is 1.83 bits per heavy atom. The van der Waals surface area contributed by atoms with Crippen molar-refractivity contribution in [2.24, 2.45) is 5.73 Å². The third kappa shape index (κ3) is 3.64. The fourth-order valence-corrected chi connectivity index (χ4v) is 2.77. The van der Waals surface area contributed by atoms with E-state index in [9.17, 15) is 13.2 Å². The number of rotatable bonds is 5. The van der Waals surface area contributed by atoms with Crippen LogP contribution in [0.2, 0.25) is 0 Å². The number of hydrogen-bond acceptors (Lipinski definition) is 5. The number of amides is 1. The van der Waals surface area contributed by atoms with Crippen molar-refractivity contribution in [3.63, 3.8) is 0 Å². The predicted molar refractivity (Wildman–Crippen MR) is 69.5 cm³/mol. The second kappa shape index (κ2) is 5.52. The Labute approximate surface area is 108 Å². The topological polar surface area (TPSA) is 95.7 Å². The predicted octanol–water partition coefficient (Wildman–Crippen LogP) is -1.97. The molecule has 7 nitrogen and oxygen atoms in total. The average molecular weight is 278 g/mol. The Kier molecular flexibility index (Phi) is 4.71. The summed E-state index contributed by atoms with van der Waals surface area (Å²) in [5, 5.41) is 2.92.